The second kappa shape index (κ2) is 13.8. The van der Waals surface area contributed by atoms with Crippen molar-refractivity contribution in [2.45, 2.75) is 79.3 Å². The van der Waals surface area contributed by atoms with E-state index in [-0.39, 0.29) is 41.7 Å². The van der Waals surface area contributed by atoms with Crippen molar-refractivity contribution < 1.29 is 57.5 Å². The van der Waals surface area contributed by atoms with E-state index in [1.165, 1.54) is 6.92 Å². The van der Waals surface area contributed by atoms with E-state index < -0.39 is 67.7 Å². The minimum Gasteiger partial charge on any atom is -0.349 e. The van der Waals surface area contributed by atoms with Gasteiger partial charge in [-0.2, -0.15) is 31.4 Å². The first-order chi connectivity index (χ1) is 24.8. The molecule has 2 aliphatic rings. The van der Waals surface area contributed by atoms with Gasteiger partial charge in [-0.1, -0.05) is 30.3 Å². The lowest BCUT2D eigenvalue weighted by molar-refractivity contribution is -0.392. The van der Waals surface area contributed by atoms with Crippen molar-refractivity contribution in [1.29, 1.82) is 0 Å². The van der Waals surface area contributed by atoms with E-state index in [1.807, 2.05) is 0 Å². The van der Waals surface area contributed by atoms with Crippen molar-refractivity contribution in [3.63, 3.8) is 0 Å². The van der Waals surface area contributed by atoms with Crippen molar-refractivity contribution in [2.75, 3.05) is 13.1 Å². The van der Waals surface area contributed by atoms with Gasteiger partial charge >= 0.3 is 12.4 Å². The van der Waals surface area contributed by atoms with Gasteiger partial charge in [0.1, 0.15) is 22.2 Å². The van der Waals surface area contributed by atoms with Gasteiger partial charge in [-0.15, -0.1) is 0 Å². The summed E-state index contributed by atoms with van der Waals surface area (Å²) in [6, 6.07) is 8.50. The second-order valence-corrected chi connectivity index (χ2v) is 15.4. The molecule has 0 unspecified atom stereocenters. The number of aromatic nitrogens is 2. The maximum Gasteiger partial charge on any atom is 0.430 e. The number of carbonyl (C=O) groups excluding carboxylic acids is 1. The van der Waals surface area contributed by atoms with Crippen LogP contribution in [0.1, 0.15) is 60.2 Å². The number of rotatable bonds is 8. The Hall–Kier alpha value is -4.38. The Morgan fingerprint density at radius 3 is 2.02 bits per heavy atom. The molecule has 1 aromatic heterocycles. The van der Waals surface area contributed by atoms with E-state index in [0.717, 1.165) is 42.5 Å². The van der Waals surface area contributed by atoms with Crippen molar-refractivity contribution in [2.24, 2.45) is 0 Å². The molecule has 3 aromatic carbocycles. The molecule has 1 fully saturated rings. The van der Waals surface area contributed by atoms with Crippen LogP contribution >= 0.6 is 0 Å². The number of hydrogen-bond acceptors (Lipinski definition) is 5. The van der Waals surface area contributed by atoms with Crippen LogP contribution in [-0.4, -0.2) is 54.4 Å². The molecule has 0 spiro atoms. The van der Waals surface area contributed by atoms with Crippen LogP contribution in [0.2, 0.25) is 0 Å². The zero-order chi connectivity index (χ0) is 38.6. The van der Waals surface area contributed by atoms with Crippen LogP contribution in [0.3, 0.4) is 0 Å². The molecule has 0 bridgehead atoms. The molecule has 0 N–H and O–H groups in total. The maximum atomic E-state index is 14.6. The fraction of sp³-hybridized carbons (Fsp3) is 0.389. The average Bonchev–Trinajstić information content (AvgIpc) is 3.52. The summed E-state index contributed by atoms with van der Waals surface area (Å²) in [6.45, 7) is 0.682. The summed E-state index contributed by atoms with van der Waals surface area (Å²) in [4.78, 5) is 13.2. The van der Waals surface area contributed by atoms with Crippen LogP contribution in [0.4, 0.5) is 39.5 Å². The quantitative estimate of drug-likeness (QED) is 0.135. The largest absolute Gasteiger partial charge is 0.430 e. The number of hydrogen-bond donors (Lipinski definition) is 0. The lowest BCUT2D eigenvalue weighted by Gasteiger charge is -2.39. The summed E-state index contributed by atoms with van der Waals surface area (Å²) in [5.74, 6) is -3.66. The predicted octanol–water partition coefficient (Wildman–Crippen LogP) is 7.88. The molecule has 284 valence electrons. The highest BCUT2D eigenvalue weighted by atomic mass is 32.2. The lowest BCUT2D eigenvalue weighted by Crippen LogP contribution is -2.56. The van der Waals surface area contributed by atoms with E-state index in [9.17, 15) is 52.7 Å². The number of alkyl halides is 6. The van der Waals surface area contributed by atoms with Crippen molar-refractivity contribution in [3.05, 3.63) is 118 Å². The van der Waals surface area contributed by atoms with Gasteiger partial charge in [0.15, 0.2) is 9.84 Å². The number of ether oxygens (including phenoxy) is 1. The molecular weight excluding hydrogens is 741 g/mol. The number of carbonyl (C=O) groups is 1. The van der Waals surface area contributed by atoms with Crippen LogP contribution in [0, 0.1) is 17.5 Å². The molecule has 1 aliphatic heterocycles. The first-order valence-electron chi connectivity index (χ1n) is 16.4. The van der Waals surface area contributed by atoms with Gasteiger partial charge in [-0.3, -0.25) is 9.48 Å². The fourth-order valence-electron chi connectivity index (χ4n) is 7.24. The summed E-state index contributed by atoms with van der Waals surface area (Å²) >= 11 is 0. The van der Waals surface area contributed by atoms with Crippen LogP contribution in [-0.2, 0) is 49.2 Å². The summed E-state index contributed by atoms with van der Waals surface area (Å²) in [5.41, 5.74) is -6.85. The summed E-state index contributed by atoms with van der Waals surface area (Å²) in [7, 11) is -4.54. The van der Waals surface area contributed by atoms with Crippen molar-refractivity contribution in [3.8, 4) is 0 Å². The normalized spacial score (nSPS) is 18.9. The SMILES string of the molecule is CC(=O)N1CCC(n2cc3c(n2)CC[C@@](c2ccc(C(OCc4c(F)cccc4F)(C(F)(F)F)C(F)(F)F)cc2)(S(=O)(=O)c2ccc(F)cc2)C3)CC1. The highest BCUT2D eigenvalue weighted by Gasteiger charge is 2.73. The number of piperidine rings is 1. The molecule has 7 nitrogen and oxygen atoms in total. The molecule has 17 heteroatoms. The molecular formula is C36H32F9N3O4S. The molecule has 2 heterocycles. The van der Waals surface area contributed by atoms with Gasteiger partial charge in [0.05, 0.1) is 23.2 Å². The highest BCUT2D eigenvalue weighted by molar-refractivity contribution is 7.92. The zero-order valence-electron chi connectivity index (χ0n) is 27.9. The number of benzene rings is 3. The molecule has 1 aliphatic carbocycles. The molecule has 1 saturated heterocycles. The number of sulfone groups is 1. The van der Waals surface area contributed by atoms with Crippen LogP contribution in [0.15, 0.2) is 77.8 Å². The molecule has 53 heavy (non-hydrogen) atoms. The predicted molar refractivity (Wildman–Crippen MR) is 171 cm³/mol. The van der Waals surface area contributed by atoms with Gasteiger partial charge in [0.25, 0.3) is 5.60 Å². The van der Waals surface area contributed by atoms with Gasteiger partial charge in [-0.25, -0.2) is 21.6 Å². The highest BCUT2D eigenvalue weighted by Crippen LogP contribution is 2.54. The third-order valence-corrected chi connectivity index (χ3v) is 12.7. The van der Waals surface area contributed by atoms with E-state index in [0.29, 0.717) is 61.5 Å². The third kappa shape index (κ3) is 6.70. The number of halogens is 9. The van der Waals surface area contributed by atoms with E-state index in [2.05, 4.69) is 9.84 Å². The van der Waals surface area contributed by atoms with Crippen LogP contribution < -0.4 is 0 Å². The standard InChI is InChI=1S/C36H32F9N3O4S/c1-22(49)47-17-14-27(15-18-47)48-20-23-19-33(16-13-32(23)46-48,53(50,51)28-11-9-26(37)10-12-28)24-5-7-25(8-6-24)34(35(40,41)42,36(43,44)45)52-21-29-30(38)3-2-4-31(29)39/h2-12,20,27H,13-19,21H2,1H3/t33-/m1/s1. The Bertz CT molecular complexity index is 2060. The van der Waals surface area contributed by atoms with Gasteiger partial charge < -0.3 is 9.64 Å². The minimum absolute atomic E-state index is 0.0587. The molecule has 6 rings (SSSR count). The van der Waals surface area contributed by atoms with Crippen LogP contribution in [0.5, 0.6) is 0 Å². The number of nitrogens with zero attached hydrogens (tertiary/aromatic N) is 3. The van der Waals surface area contributed by atoms with Gasteiger partial charge in [-0.05, 0) is 79.6 Å². The van der Waals surface area contributed by atoms with E-state index >= 15 is 0 Å². The Balaban J connectivity index is 1.43. The first-order valence-corrected chi connectivity index (χ1v) is 17.9. The first kappa shape index (κ1) is 38.3. The van der Waals surface area contributed by atoms with E-state index in [1.54, 1.807) is 15.8 Å². The third-order valence-electron chi connectivity index (χ3n) is 10.2. The Morgan fingerprint density at radius 2 is 1.47 bits per heavy atom. The minimum atomic E-state index is -6.21. The molecule has 1 amide bonds. The fourth-order valence-corrected chi connectivity index (χ4v) is 9.35. The summed E-state index contributed by atoms with van der Waals surface area (Å²) in [5, 5.41) is 4.68. The number of amides is 1. The summed E-state index contributed by atoms with van der Waals surface area (Å²) < 4.78 is 163. The van der Waals surface area contributed by atoms with E-state index in [4.69, 9.17) is 0 Å². The number of fused-ring (bicyclic) bond motifs is 1. The average molecular weight is 774 g/mol. The second-order valence-electron chi connectivity index (χ2n) is 13.2. The van der Waals surface area contributed by atoms with Gasteiger partial charge in [0, 0.05) is 37.3 Å². The number of likely N-dealkylation sites (tertiary alicyclic amines) is 1. The Labute approximate surface area is 298 Å². The maximum absolute atomic E-state index is 14.6. The topological polar surface area (TPSA) is 81.5 Å². The molecule has 0 radical (unpaired) electrons. The molecule has 0 saturated carbocycles. The summed E-state index contributed by atoms with van der Waals surface area (Å²) in [6.07, 6.45) is -10.0. The number of aryl methyl sites for hydroxylation is 1. The van der Waals surface area contributed by atoms with Crippen LogP contribution in [0.25, 0.3) is 0 Å². The molecule has 1 atom stereocenters. The molecule has 4 aromatic rings. The lowest BCUT2D eigenvalue weighted by atomic mass is 9.81. The Morgan fingerprint density at radius 1 is 0.887 bits per heavy atom. The van der Waals surface area contributed by atoms with Crippen molar-refractivity contribution >= 4 is 15.7 Å². The van der Waals surface area contributed by atoms with Gasteiger partial charge in [0.2, 0.25) is 5.91 Å². The smallest absolute Gasteiger partial charge is 0.349 e. The Kier molecular flexibility index (Phi) is 9.98. The monoisotopic (exact) mass is 773 g/mol. The van der Waals surface area contributed by atoms with Crippen molar-refractivity contribution in [1.82, 2.24) is 14.7 Å². The zero-order valence-corrected chi connectivity index (χ0v) is 28.8.